The summed E-state index contributed by atoms with van der Waals surface area (Å²) in [5, 5.41) is 11.0. The lowest BCUT2D eigenvalue weighted by Gasteiger charge is -2.40. The van der Waals surface area contributed by atoms with Crippen molar-refractivity contribution in [2.75, 3.05) is 13.1 Å². The number of rotatable bonds is 5. The highest BCUT2D eigenvalue weighted by Gasteiger charge is 2.47. The van der Waals surface area contributed by atoms with Crippen LogP contribution < -0.4 is 4.74 Å². The summed E-state index contributed by atoms with van der Waals surface area (Å²) in [6.07, 6.45) is 9.83. The Kier molecular flexibility index (Phi) is 5.06. The van der Waals surface area contributed by atoms with Gasteiger partial charge in [-0.2, -0.15) is 0 Å². The SMILES string of the molecule is CC[C@@]1(O)CCC[C@@H]2CN(Cc3ccc(OC4CCCC4)cc3)C[C@@H]21. The van der Waals surface area contributed by atoms with Gasteiger partial charge >= 0.3 is 0 Å². The number of benzene rings is 1. The van der Waals surface area contributed by atoms with E-state index in [2.05, 4.69) is 36.1 Å². The molecule has 138 valence electrons. The number of fused-ring (bicyclic) bond motifs is 1. The van der Waals surface area contributed by atoms with Gasteiger partial charge in [-0.1, -0.05) is 25.5 Å². The molecule has 1 aliphatic heterocycles. The average molecular weight is 344 g/mol. The summed E-state index contributed by atoms with van der Waals surface area (Å²) in [6.45, 7) is 5.34. The van der Waals surface area contributed by atoms with E-state index in [0.29, 0.717) is 17.9 Å². The number of likely N-dealkylation sites (tertiary alicyclic amines) is 1. The van der Waals surface area contributed by atoms with Crippen LogP contribution in [-0.2, 0) is 6.54 Å². The molecule has 1 aromatic rings. The third kappa shape index (κ3) is 3.73. The Labute approximate surface area is 152 Å². The third-order valence-electron chi connectivity index (χ3n) is 6.94. The number of nitrogens with zero attached hydrogens (tertiary/aromatic N) is 1. The highest BCUT2D eigenvalue weighted by Crippen LogP contribution is 2.44. The molecule has 3 atom stereocenters. The van der Waals surface area contributed by atoms with Crippen molar-refractivity contribution < 1.29 is 9.84 Å². The van der Waals surface area contributed by atoms with E-state index in [9.17, 15) is 5.11 Å². The summed E-state index contributed by atoms with van der Waals surface area (Å²) >= 11 is 0. The van der Waals surface area contributed by atoms with Crippen LogP contribution in [0.4, 0.5) is 0 Å². The van der Waals surface area contributed by atoms with Crippen molar-refractivity contribution in [1.29, 1.82) is 0 Å². The Morgan fingerprint density at radius 2 is 1.84 bits per heavy atom. The van der Waals surface area contributed by atoms with Gasteiger partial charge in [0.2, 0.25) is 0 Å². The molecule has 1 heterocycles. The summed E-state index contributed by atoms with van der Waals surface area (Å²) < 4.78 is 6.07. The monoisotopic (exact) mass is 343 g/mol. The number of aliphatic hydroxyl groups is 1. The summed E-state index contributed by atoms with van der Waals surface area (Å²) in [5.41, 5.74) is 0.939. The summed E-state index contributed by atoms with van der Waals surface area (Å²) in [4.78, 5) is 2.55. The van der Waals surface area contributed by atoms with E-state index in [4.69, 9.17) is 4.74 Å². The molecule has 0 aromatic heterocycles. The van der Waals surface area contributed by atoms with Gasteiger partial charge in [-0.3, -0.25) is 4.90 Å². The van der Waals surface area contributed by atoms with Crippen molar-refractivity contribution in [3.8, 4) is 5.75 Å². The second-order valence-corrected chi connectivity index (χ2v) is 8.58. The van der Waals surface area contributed by atoms with Gasteiger partial charge < -0.3 is 9.84 Å². The minimum atomic E-state index is -0.420. The van der Waals surface area contributed by atoms with E-state index >= 15 is 0 Å². The smallest absolute Gasteiger partial charge is 0.119 e. The Bertz CT molecular complexity index is 566. The minimum Gasteiger partial charge on any atom is -0.490 e. The maximum atomic E-state index is 11.0. The summed E-state index contributed by atoms with van der Waals surface area (Å²) in [7, 11) is 0. The molecule has 3 nitrogen and oxygen atoms in total. The number of hydrogen-bond acceptors (Lipinski definition) is 3. The summed E-state index contributed by atoms with van der Waals surface area (Å²) in [6, 6.07) is 8.72. The fraction of sp³-hybridized carbons (Fsp3) is 0.727. The van der Waals surface area contributed by atoms with Gasteiger partial charge in [0.15, 0.2) is 0 Å². The normalized spacial score (nSPS) is 33.5. The molecule has 1 N–H and O–H groups in total. The molecule has 3 heteroatoms. The molecule has 3 aliphatic rings. The number of ether oxygens (including phenoxy) is 1. The Hall–Kier alpha value is -1.06. The molecular formula is C22H33NO2. The lowest BCUT2D eigenvalue weighted by Crippen LogP contribution is -2.44. The van der Waals surface area contributed by atoms with Gasteiger partial charge in [0.1, 0.15) is 5.75 Å². The molecule has 0 bridgehead atoms. The van der Waals surface area contributed by atoms with E-state index < -0.39 is 5.60 Å². The van der Waals surface area contributed by atoms with Crippen LogP contribution in [-0.4, -0.2) is 34.8 Å². The zero-order chi connectivity index (χ0) is 17.3. The average Bonchev–Trinajstić information content (AvgIpc) is 3.27. The molecular weight excluding hydrogens is 310 g/mol. The van der Waals surface area contributed by atoms with Gasteiger partial charge in [-0.05, 0) is 68.6 Å². The fourth-order valence-electron chi connectivity index (χ4n) is 5.42. The van der Waals surface area contributed by atoms with Crippen LogP contribution in [0.3, 0.4) is 0 Å². The first kappa shape index (κ1) is 17.4. The highest BCUT2D eigenvalue weighted by molar-refractivity contribution is 5.27. The van der Waals surface area contributed by atoms with Gasteiger partial charge in [0.05, 0.1) is 11.7 Å². The Morgan fingerprint density at radius 3 is 2.56 bits per heavy atom. The van der Waals surface area contributed by atoms with Crippen molar-refractivity contribution in [1.82, 2.24) is 4.90 Å². The second-order valence-electron chi connectivity index (χ2n) is 8.58. The van der Waals surface area contributed by atoms with Crippen molar-refractivity contribution >= 4 is 0 Å². The minimum absolute atomic E-state index is 0.420. The number of hydrogen-bond donors (Lipinski definition) is 1. The third-order valence-corrected chi connectivity index (χ3v) is 6.94. The van der Waals surface area contributed by atoms with Crippen molar-refractivity contribution in [3.63, 3.8) is 0 Å². The second kappa shape index (κ2) is 7.28. The van der Waals surface area contributed by atoms with Crippen molar-refractivity contribution in [2.45, 2.75) is 76.5 Å². The maximum Gasteiger partial charge on any atom is 0.119 e. The van der Waals surface area contributed by atoms with Crippen molar-refractivity contribution in [2.24, 2.45) is 11.8 Å². The molecule has 2 aliphatic carbocycles. The molecule has 0 amide bonds. The first-order chi connectivity index (χ1) is 12.2. The van der Waals surface area contributed by atoms with E-state index in [0.717, 1.165) is 38.2 Å². The van der Waals surface area contributed by atoms with Crippen LogP contribution in [0, 0.1) is 11.8 Å². The Balaban J connectivity index is 1.34. The van der Waals surface area contributed by atoms with Crippen LogP contribution in [0.5, 0.6) is 5.75 Å². The molecule has 0 unspecified atom stereocenters. The van der Waals surface area contributed by atoms with E-state index in [-0.39, 0.29) is 0 Å². The maximum absolute atomic E-state index is 11.0. The molecule has 0 radical (unpaired) electrons. The van der Waals surface area contributed by atoms with E-state index in [1.54, 1.807) is 0 Å². The van der Waals surface area contributed by atoms with Crippen LogP contribution in [0.15, 0.2) is 24.3 Å². The highest BCUT2D eigenvalue weighted by atomic mass is 16.5. The van der Waals surface area contributed by atoms with E-state index in [1.807, 2.05) is 0 Å². The lowest BCUT2D eigenvalue weighted by molar-refractivity contribution is -0.0613. The molecule has 4 rings (SSSR count). The molecule has 2 saturated carbocycles. The lowest BCUT2D eigenvalue weighted by atomic mass is 9.69. The quantitative estimate of drug-likeness (QED) is 0.861. The Morgan fingerprint density at radius 1 is 1.08 bits per heavy atom. The zero-order valence-corrected chi connectivity index (χ0v) is 15.6. The predicted octanol–water partition coefficient (Wildman–Crippen LogP) is 4.38. The van der Waals surface area contributed by atoms with Crippen LogP contribution >= 0.6 is 0 Å². The fourth-order valence-corrected chi connectivity index (χ4v) is 5.42. The van der Waals surface area contributed by atoms with Crippen molar-refractivity contribution in [3.05, 3.63) is 29.8 Å². The van der Waals surface area contributed by atoms with Gasteiger partial charge in [-0.25, -0.2) is 0 Å². The molecule has 1 saturated heterocycles. The van der Waals surface area contributed by atoms with Crippen LogP contribution in [0.25, 0.3) is 0 Å². The first-order valence-corrected chi connectivity index (χ1v) is 10.4. The summed E-state index contributed by atoms with van der Waals surface area (Å²) in [5.74, 6) is 2.17. The standard InChI is InChI=1S/C22H33NO2/c1-2-22(24)13-5-6-18-15-23(16-21(18)22)14-17-9-11-20(12-10-17)25-19-7-3-4-8-19/h9-12,18-19,21,24H,2-8,13-16H2,1H3/t18-,21+,22-/m1/s1. The van der Waals surface area contributed by atoms with E-state index in [1.165, 1.54) is 44.1 Å². The zero-order valence-electron chi connectivity index (χ0n) is 15.6. The predicted molar refractivity (Wildman–Crippen MR) is 101 cm³/mol. The topological polar surface area (TPSA) is 32.7 Å². The molecule has 1 aromatic carbocycles. The van der Waals surface area contributed by atoms with Gasteiger partial charge in [-0.15, -0.1) is 0 Å². The van der Waals surface area contributed by atoms with Gasteiger partial charge in [0.25, 0.3) is 0 Å². The largest absolute Gasteiger partial charge is 0.490 e. The molecule has 3 fully saturated rings. The van der Waals surface area contributed by atoms with Crippen LogP contribution in [0.1, 0.15) is 63.9 Å². The molecule has 0 spiro atoms. The van der Waals surface area contributed by atoms with Gasteiger partial charge in [0, 0.05) is 25.6 Å². The van der Waals surface area contributed by atoms with Crippen LogP contribution in [0.2, 0.25) is 0 Å². The molecule has 25 heavy (non-hydrogen) atoms. The first-order valence-electron chi connectivity index (χ1n) is 10.4.